The van der Waals surface area contributed by atoms with Crippen molar-refractivity contribution < 1.29 is 9.90 Å². The van der Waals surface area contributed by atoms with Gasteiger partial charge in [0.15, 0.2) is 0 Å². The van der Waals surface area contributed by atoms with Crippen LogP contribution in [0.3, 0.4) is 0 Å². The van der Waals surface area contributed by atoms with Crippen molar-refractivity contribution >= 4 is 27.6 Å². The van der Waals surface area contributed by atoms with E-state index in [9.17, 15) is 4.79 Å². The molecule has 18 heavy (non-hydrogen) atoms. The number of nitrogens with one attached hydrogen (secondary N) is 1. The Balaban J connectivity index is 2.64. The lowest BCUT2D eigenvalue weighted by molar-refractivity contribution is 0.0697. The first-order chi connectivity index (χ1) is 8.40. The Morgan fingerprint density at radius 1 is 1.33 bits per heavy atom. The number of rotatable bonds is 6. The number of carboxylic acid groups (broad SMARTS) is 1. The van der Waals surface area contributed by atoms with E-state index in [-0.39, 0.29) is 0 Å². The Kier molecular flexibility index (Phi) is 5.66. The van der Waals surface area contributed by atoms with Crippen LogP contribution in [0.25, 0.3) is 0 Å². The van der Waals surface area contributed by atoms with Gasteiger partial charge in [0, 0.05) is 16.2 Å². The fourth-order valence-electron chi connectivity index (χ4n) is 1.69. The highest BCUT2D eigenvalue weighted by Gasteiger charge is 2.09. The van der Waals surface area contributed by atoms with Gasteiger partial charge in [0.1, 0.15) is 0 Å². The first kappa shape index (κ1) is 15.0. The van der Waals surface area contributed by atoms with Gasteiger partial charge in [0.2, 0.25) is 0 Å². The molecule has 0 fully saturated rings. The predicted octanol–water partition coefficient (Wildman–Crippen LogP) is 4.38. The number of carboxylic acids is 1. The second-order valence-electron chi connectivity index (χ2n) is 5.02. The van der Waals surface area contributed by atoms with Gasteiger partial charge in [-0.15, -0.1) is 0 Å². The molecule has 0 aromatic heterocycles. The molecule has 1 aromatic carbocycles. The van der Waals surface area contributed by atoms with Crippen LogP contribution >= 0.6 is 15.9 Å². The molecule has 0 aliphatic rings. The SMILES string of the molecule is CC(C)CCC(C)Nc1ccc(C(=O)O)cc1Br. The van der Waals surface area contributed by atoms with E-state index in [0.717, 1.165) is 16.6 Å². The van der Waals surface area contributed by atoms with Crippen LogP contribution in [0.5, 0.6) is 0 Å². The van der Waals surface area contributed by atoms with Gasteiger partial charge in [0.05, 0.1) is 5.56 Å². The lowest BCUT2D eigenvalue weighted by atomic mass is 10.0. The van der Waals surface area contributed by atoms with Crippen LogP contribution in [0, 0.1) is 5.92 Å². The van der Waals surface area contributed by atoms with Crippen LogP contribution < -0.4 is 5.32 Å². The predicted molar refractivity (Wildman–Crippen MR) is 78.3 cm³/mol. The van der Waals surface area contributed by atoms with E-state index in [4.69, 9.17) is 5.11 Å². The quantitative estimate of drug-likeness (QED) is 0.819. The van der Waals surface area contributed by atoms with Crippen LogP contribution in [-0.2, 0) is 0 Å². The van der Waals surface area contributed by atoms with E-state index >= 15 is 0 Å². The zero-order chi connectivity index (χ0) is 13.7. The van der Waals surface area contributed by atoms with E-state index in [2.05, 4.69) is 42.0 Å². The molecule has 1 unspecified atom stereocenters. The van der Waals surface area contributed by atoms with Crippen molar-refractivity contribution in [2.24, 2.45) is 5.92 Å². The molecule has 1 atom stereocenters. The molecule has 0 spiro atoms. The van der Waals surface area contributed by atoms with Crippen LogP contribution in [0.4, 0.5) is 5.69 Å². The molecule has 0 heterocycles. The summed E-state index contributed by atoms with van der Waals surface area (Å²) in [6.45, 7) is 6.56. The second-order valence-corrected chi connectivity index (χ2v) is 5.87. The molecule has 0 bridgehead atoms. The summed E-state index contributed by atoms with van der Waals surface area (Å²) in [5.74, 6) is -0.206. The average Bonchev–Trinajstić information content (AvgIpc) is 2.29. The van der Waals surface area contributed by atoms with Gasteiger partial charge >= 0.3 is 5.97 Å². The lowest BCUT2D eigenvalue weighted by Gasteiger charge is -2.17. The number of hydrogen-bond acceptors (Lipinski definition) is 2. The molecule has 0 saturated heterocycles. The molecule has 0 aliphatic heterocycles. The van der Waals surface area contributed by atoms with Gasteiger partial charge in [0.25, 0.3) is 0 Å². The van der Waals surface area contributed by atoms with Crippen molar-refractivity contribution in [3.63, 3.8) is 0 Å². The maximum Gasteiger partial charge on any atom is 0.335 e. The van der Waals surface area contributed by atoms with Gasteiger partial charge < -0.3 is 10.4 Å². The van der Waals surface area contributed by atoms with Gasteiger partial charge in [-0.05, 0) is 59.8 Å². The molecule has 0 saturated carbocycles. The molecule has 0 amide bonds. The highest BCUT2D eigenvalue weighted by atomic mass is 79.9. The lowest BCUT2D eigenvalue weighted by Crippen LogP contribution is -2.16. The molecule has 0 radical (unpaired) electrons. The molecule has 1 rings (SSSR count). The topological polar surface area (TPSA) is 49.3 Å². The maximum atomic E-state index is 10.8. The summed E-state index contributed by atoms with van der Waals surface area (Å²) in [5, 5.41) is 12.3. The zero-order valence-electron chi connectivity index (χ0n) is 11.0. The Bertz CT molecular complexity index is 418. The third kappa shape index (κ3) is 4.69. The highest BCUT2D eigenvalue weighted by molar-refractivity contribution is 9.10. The Morgan fingerprint density at radius 2 is 2.00 bits per heavy atom. The normalized spacial score (nSPS) is 12.5. The third-order valence-electron chi connectivity index (χ3n) is 2.79. The minimum atomic E-state index is -0.907. The summed E-state index contributed by atoms with van der Waals surface area (Å²) in [4.78, 5) is 10.8. The summed E-state index contributed by atoms with van der Waals surface area (Å²) in [5.41, 5.74) is 1.23. The molecule has 4 heteroatoms. The van der Waals surface area contributed by atoms with E-state index < -0.39 is 5.97 Å². The van der Waals surface area contributed by atoms with Crippen LogP contribution in [-0.4, -0.2) is 17.1 Å². The Hall–Kier alpha value is -1.03. The van der Waals surface area contributed by atoms with Gasteiger partial charge in [-0.3, -0.25) is 0 Å². The molecular formula is C14H20BrNO2. The Morgan fingerprint density at radius 3 is 2.50 bits per heavy atom. The van der Waals surface area contributed by atoms with E-state index in [0.29, 0.717) is 17.5 Å². The van der Waals surface area contributed by atoms with E-state index in [1.165, 1.54) is 6.42 Å². The van der Waals surface area contributed by atoms with Crippen LogP contribution in [0.1, 0.15) is 44.0 Å². The van der Waals surface area contributed by atoms with Gasteiger partial charge in [-0.2, -0.15) is 0 Å². The maximum absolute atomic E-state index is 10.8. The molecule has 0 aliphatic carbocycles. The van der Waals surface area contributed by atoms with Gasteiger partial charge in [-0.1, -0.05) is 13.8 Å². The fraction of sp³-hybridized carbons (Fsp3) is 0.500. The number of halogens is 1. The van der Waals surface area contributed by atoms with Crippen molar-refractivity contribution in [2.45, 2.75) is 39.7 Å². The van der Waals surface area contributed by atoms with Crippen molar-refractivity contribution in [3.8, 4) is 0 Å². The van der Waals surface area contributed by atoms with Crippen LogP contribution in [0.15, 0.2) is 22.7 Å². The number of hydrogen-bond donors (Lipinski definition) is 2. The van der Waals surface area contributed by atoms with Crippen LogP contribution in [0.2, 0.25) is 0 Å². The van der Waals surface area contributed by atoms with E-state index in [1.807, 2.05) is 0 Å². The minimum Gasteiger partial charge on any atom is -0.478 e. The summed E-state index contributed by atoms with van der Waals surface area (Å²) >= 11 is 3.40. The average molecular weight is 314 g/mol. The molecule has 100 valence electrons. The fourth-order valence-corrected chi connectivity index (χ4v) is 2.18. The number of benzene rings is 1. The highest BCUT2D eigenvalue weighted by Crippen LogP contribution is 2.25. The number of carbonyl (C=O) groups is 1. The molecule has 1 aromatic rings. The second kappa shape index (κ2) is 6.78. The summed E-state index contributed by atoms with van der Waals surface area (Å²) in [7, 11) is 0. The van der Waals surface area contributed by atoms with Crippen molar-refractivity contribution in [2.75, 3.05) is 5.32 Å². The number of aromatic carboxylic acids is 1. The monoisotopic (exact) mass is 313 g/mol. The first-order valence-electron chi connectivity index (χ1n) is 6.19. The smallest absolute Gasteiger partial charge is 0.335 e. The van der Waals surface area contributed by atoms with Gasteiger partial charge in [-0.25, -0.2) is 4.79 Å². The standard InChI is InChI=1S/C14H20BrNO2/c1-9(2)4-5-10(3)16-13-7-6-11(14(17)18)8-12(13)15/h6-10,16H,4-5H2,1-3H3,(H,17,18). The van der Waals surface area contributed by atoms with Crippen molar-refractivity contribution in [3.05, 3.63) is 28.2 Å². The molecular weight excluding hydrogens is 294 g/mol. The first-order valence-corrected chi connectivity index (χ1v) is 6.98. The summed E-state index contributed by atoms with van der Waals surface area (Å²) in [6, 6.07) is 5.42. The molecule has 3 nitrogen and oxygen atoms in total. The third-order valence-corrected chi connectivity index (χ3v) is 3.45. The number of anilines is 1. The zero-order valence-corrected chi connectivity index (χ0v) is 12.6. The van der Waals surface area contributed by atoms with E-state index in [1.54, 1.807) is 18.2 Å². The minimum absolute atomic E-state index is 0.294. The summed E-state index contributed by atoms with van der Waals surface area (Å²) < 4.78 is 0.791. The van der Waals surface area contributed by atoms with Crippen molar-refractivity contribution in [1.82, 2.24) is 0 Å². The Labute approximate surface area is 117 Å². The summed E-state index contributed by atoms with van der Waals surface area (Å²) in [6.07, 6.45) is 2.28. The largest absolute Gasteiger partial charge is 0.478 e. The van der Waals surface area contributed by atoms with Crippen molar-refractivity contribution in [1.29, 1.82) is 0 Å². The molecule has 2 N–H and O–H groups in total.